The molecule has 10 nitrogen and oxygen atoms in total. The van der Waals surface area contributed by atoms with Gasteiger partial charge in [-0.1, -0.05) is 34.2 Å². The Morgan fingerprint density at radius 2 is 1.93 bits per heavy atom. The van der Waals surface area contributed by atoms with E-state index in [0.29, 0.717) is 37.8 Å². The summed E-state index contributed by atoms with van der Waals surface area (Å²) in [5.74, 6) is 0.529. The van der Waals surface area contributed by atoms with E-state index in [1.807, 2.05) is 12.1 Å². The molecule has 0 amide bonds. The summed E-state index contributed by atoms with van der Waals surface area (Å²) in [5.41, 5.74) is 2.26. The summed E-state index contributed by atoms with van der Waals surface area (Å²) in [7, 11) is 1.53. The van der Waals surface area contributed by atoms with Crippen molar-refractivity contribution >= 4 is 50.7 Å². The zero-order valence-corrected chi connectivity index (χ0v) is 27.0. The molecule has 0 bridgehead atoms. The van der Waals surface area contributed by atoms with E-state index in [1.54, 1.807) is 39.0 Å². The number of hydrogen-bond acceptors (Lipinski definition) is 9. The van der Waals surface area contributed by atoms with Gasteiger partial charge < -0.3 is 14.4 Å². The number of ether oxygens (including phenoxy) is 2. The number of thiazole rings is 1. The van der Waals surface area contributed by atoms with Crippen molar-refractivity contribution in [3.63, 3.8) is 0 Å². The number of fused-ring (bicyclic) bond motifs is 1. The molecule has 43 heavy (non-hydrogen) atoms. The predicted octanol–water partition coefficient (Wildman–Crippen LogP) is 5.10. The van der Waals surface area contributed by atoms with Crippen LogP contribution in [0.1, 0.15) is 57.7 Å². The Morgan fingerprint density at radius 3 is 2.58 bits per heavy atom. The number of carbonyl (C=O) groups excluding carboxylic acids is 1. The van der Waals surface area contributed by atoms with E-state index in [0.717, 1.165) is 36.1 Å². The highest BCUT2D eigenvalue weighted by atomic mass is 79.9. The number of rotatable bonds is 7. The highest BCUT2D eigenvalue weighted by Gasteiger charge is 2.35. The Balaban J connectivity index is 1.74. The molecule has 3 aromatic rings. The summed E-state index contributed by atoms with van der Waals surface area (Å²) in [4.78, 5) is 46.3. The maximum Gasteiger partial charge on any atom is 0.338 e. The first-order valence-corrected chi connectivity index (χ1v) is 15.7. The summed E-state index contributed by atoms with van der Waals surface area (Å²) < 4.78 is 13.8. The lowest BCUT2D eigenvalue weighted by molar-refractivity contribution is -0.384. The van der Waals surface area contributed by atoms with Gasteiger partial charge in [-0.2, -0.15) is 0 Å². The first-order valence-electron chi connectivity index (χ1n) is 14.1. The van der Waals surface area contributed by atoms with Crippen LogP contribution >= 0.6 is 27.3 Å². The van der Waals surface area contributed by atoms with E-state index in [9.17, 15) is 19.7 Å². The first-order chi connectivity index (χ1) is 20.5. The van der Waals surface area contributed by atoms with Gasteiger partial charge in [-0.15, -0.1) is 0 Å². The molecule has 0 N–H and O–H groups in total. The van der Waals surface area contributed by atoms with Crippen LogP contribution in [0.25, 0.3) is 6.08 Å². The number of nitrogens with zero attached hydrogens (tertiary/aromatic N) is 4. The summed E-state index contributed by atoms with van der Waals surface area (Å²) in [5, 5.41) is 11.7. The van der Waals surface area contributed by atoms with Crippen molar-refractivity contribution in [1.82, 2.24) is 4.57 Å². The minimum Gasteiger partial charge on any atom is -0.496 e. The van der Waals surface area contributed by atoms with E-state index in [4.69, 9.17) is 9.47 Å². The first kappa shape index (κ1) is 30.7. The molecule has 1 aromatic heterocycles. The third-order valence-electron chi connectivity index (χ3n) is 7.70. The number of non-ortho nitro benzene ring substituents is 1. The smallest absolute Gasteiger partial charge is 0.338 e. The van der Waals surface area contributed by atoms with Gasteiger partial charge in [0.1, 0.15) is 11.8 Å². The minimum atomic E-state index is -0.870. The highest BCUT2D eigenvalue weighted by molar-refractivity contribution is 9.10. The summed E-state index contributed by atoms with van der Waals surface area (Å²) in [6.07, 6.45) is 3.35. The number of esters is 1. The molecule has 12 heteroatoms. The molecule has 0 spiro atoms. The number of carbonyl (C=O) groups is 1. The topological polar surface area (TPSA) is 116 Å². The van der Waals surface area contributed by atoms with Crippen molar-refractivity contribution in [1.29, 1.82) is 0 Å². The predicted molar refractivity (Wildman–Crippen MR) is 169 cm³/mol. The maximum atomic E-state index is 14.2. The molecule has 226 valence electrons. The van der Waals surface area contributed by atoms with Crippen molar-refractivity contribution in [2.45, 2.75) is 52.7 Å². The zero-order valence-electron chi connectivity index (χ0n) is 24.6. The Bertz CT molecular complexity index is 1800. The molecule has 3 heterocycles. The molecule has 0 radical (unpaired) electrons. The van der Waals surface area contributed by atoms with Gasteiger partial charge in [-0.25, -0.2) is 9.79 Å². The van der Waals surface area contributed by atoms with Crippen molar-refractivity contribution in [2.24, 2.45) is 10.9 Å². The number of aromatic nitrogens is 1. The van der Waals surface area contributed by atoms with Gasteiger partial charge in [-0.3, -0.25) is 19.5 Å². The molecule has 1 fully saturated rings. The molecule has 0 saturated carbocycles. The lowest BCUT2D eigenvalue weighted by atomic mass is 9.95. The molecule has 2 aliphatic rings. The molecule has 2 aliphatic heterocycles. The molecule has 0 unspecified atom stereocenters. The fraction of sp³-hybridized carbons (Fsp3) is 0.387. The van der Waals surface area contributed by atoms with Crippen molar-refractivity contribution in [3.8, 4) is 5.75 Å². The van der Waals surface area contributed by atoms with Gasteiger partial charge in [0.15, 0.2) is 4.80 Å². The molecule has 1 atom stereocenters. The average Bonchev–Trinajstić information content (AvgIpc) is 3.26. The van der Waals surface area contributed by atoms with Gasteiger partial charge >= 0.3 is 5.97 Å². The van der Waals surface area contributed by atoms with Crippen LogP contribution < -0.4 is 24.5 Å². The van der Waals surface area contributed by atoms with Gasteiger partial charge in [-0.05, 0) is 69.9 Å². The Morgan fingerprint density at radius 1 is 1.21 bits per heavy atom. The second-order valence-electron chi connectivity index (χ2n) is 11.1. The SMILES string of the molecule is COc1ccc(Br)cc1[C@H]1C(C(=O)OC(C)C)=C(C)N=c2s/c(=C\c3cc([N+](=O)[O-])ccc3N3CCC(C)CC3)c(=O)n21. The summed E-state index contributed by atoms with van der Waals surface area (Å²) in [6.45, 7) is 9.11. The summed E-state index contributed by atoms with van der Waals surface area (Å²) >= 11 is 4.69. The van der Waals surface area contributed by atoms with Crippen molar-refractivity contribution in [3.05, 3.63) is 93.1 Å². The molecular formula is C31H33BrN4O6S. The maximum absolute atomic E-state index is 14.2. The fourth-order valence-electron chi connectivity index (χ4n) is 5.52. The van der Waals surface area contributed by atoms with E-state index in [1.165, 1.54) is 35.1 Å². The van der Waals surface area contributed by atoms with Gasteiger partial charge in [0, 0.05) is 46.5 Å². The van der Waals surface area contributed by atoms with Crippen LogP contribution in [0.5, 0.6) is 5.75 Å². The largest absolute Gasteiger partial charge is 0.496 e. The lowest BCUT2D eigenvalue weighted by Crippen LogP contribution is -2.40. The van der Waals surface area contributed by atoms with Crippen LogP contribution in [-0.2, 0) is 9.53 Å². The number of nitro benzene ring substituents is 1. The zero-order chi connectivity index (χ0) is 31.0. The summed E-state index contributed by atoms with van der Waals surface area (Å²) in [6, 6.07) is 9.31. The third kappa shape index (κ3) is 6.16. The lowest BCUT2D eigenvalue weighted by Gasteiger charge is -2.33. The van der Waals surface area contributed by atoms with Crippen molar-refractivity contribution < 1.29 is 19.2 Å². The van der Waals surface area contributed by atoms with Crippen LogP contribution in [0, 0.1) is 16.0 Å². The number of allylic oxidation sites excluding steroid dienone is 1. The van der Waals surface area contributed by atoms with Gasteiger partial charge in [0.05, 0.1) is 33.9 Å². The van der Waals surface area contributed by atoms with Gasteiger partial charge in [0.2, 0.25) is 0 Å². The van der Waals surface area contributed by atoms with Crippen LogP contribution in [0.3, 0.4) is 0 Å². The second-order valence-corrected chi connectivity index (χ2v) is 13.0. The molecule has 1 saturated heterocycles. The Labute approximate surface area is 261 Å². The monoisotopic (exact) mass is 668 g/mol. The minimum absolute atomic E-state index is 0.0561. The van der Waals surface area contributed by atoms with E-state index in [2.05, 4.69) is 32.7 Å². The van der Waals surface area contributed by atoms with Crippen LogP contribution in [0.4, 0.5) is 11.4 Å². The molecule has 0 aliphatic carbocycles. The van der Waals surface area contributed by atoms with E-state index >= 15 is 0 Å². The number of hydrogen-bond donors (Lipinski definition) is 0. The average molecular weight is 670 g/mol. The third-order valence-corrected chi connectivity index (χ3v) is 9.18. The molecule has 2 aromatic carbocycles. The fourth-order valence-corrected chi connectivity index (χ4v) is 6.94. The Kier molecular flexibility index (Phi) is 8.89. The van der Waals surface area contributed by atoms with Gasteiger partial charge in [0.25, 0.3) is 11.2 Å². The van der Waals surface area contributed by atoms with E-state index < -0.39 is 16.9 Å². The second kappa shape index (κ2) is 12.5. The number of methoxy groups -OCH3 is 1. The number of piperidine rings is 1. The van der Waals surface area contributed by atoms with Crippen molar-refractivity contribution in [2.75, 3.05) is 25.1 Å². The number of anilines is 1. The number of benzene rings is 2. The Hall–Kier alpha value is -3.77. The number of nitro groups is 1. The van der Waals surface area contributed by atoms with Crippen LogP contribution in [-0.4, -0.2) is 41.8 Å². The highest BCUT2D eigenvalue weighted by Crippen LogP contribution is 2.37. The molecule has 5 rings (SSSR count). The van der Waals surface area contributed by atoms with Crippen LogP contribution in [0.15, 0.2) is 61.9 Å². The normalized spacial score (nSPS) is 17.6. The van der Waals surface area contributed by atoms with Crippen LogP contribution in [0.2, 0.25) is 0 Å². The number of halogens is 1. The quantitative estimate of drug-likeness (QED) is 0.195. The van der Waals surface area contributed by atoms with E-state index in [-0.39, 0.29) is 22.9 Å². The molecular weight excluding hydrogens is 636 g/mol. The standard InChI is InChI=1S/C31H33BrN4O6S/c1-17(2)42-30(38)27-19(4)33-31-35(28(27)23-16-21(32)6-9-25(23)41-5)29(37)26(43-31)15-20-14-22(36(39)40)7-8-24(20)34-12-10-18(3)11-13-34/h6-9,14-18,28H,10-13H2,1-5H3/b26-15-/t28-/m0/s1.